The first-order valence-electron chi connectivity index (χ1n) is 10.2. The number of ether oxygens (including phenoxy) is 4. The quantitative estimate of drug-likeness (QED) is 0.587. The van der Waals surface area contributed by atoms with Crippen LogP contribution in [0, 0.1) is 5.82 Å². The number of aromatic nitrogens is 4. The topological polar surface area (TPSA) is 124 Å². The molecule has 0 aliphatic carbocycles. The monoisotopic (exact) mass is 443 g/mol. The van der Waals surface area contributed by atoms with E-state index in [-0.39, 0.29) is 24.4 Å². The van der Waals surface area contributed by atoms with Crippen molar-refractivity contribution in [2.45, 2.75) is 50.6 Å². The Hall–Kier alpha value is -3.15. The fourth-order valence-electron chi connectivity index (χ4n) is 4.10. The zero-order chi connectivity index (χ0) is 22.5. The van der Waals surface area contributed by atoms with Crippen LogP contribution in [0.1, 0.15) is 25.6 Å². The number of nitrogens with zero attached hydrogens (tertiary/aromatic N) is 4. The third kappa shape index (κ3) is 3.68. The SMILES string of the molecule is CC1(C)O[C@@H]2[C@H](O1)[C@@H](COC(=O)Cc1ccccc1F)O[C@H]2n1cnc2c(N)ncnc21. The highest BCUT2D eigenvalue weighted by Crippen LogP contribution is 2.43. The van der Waals surface area contributed by atoms with Crippen molar-refractivity contribution in [1.29, 1.82) is 0 Å². The van der Waals surface area contributed by atoms with Gasteiger partial charge in [0.15, 0.2) is 23.5 Å². The molecule has 3 aromatic rings. The largest absolute Gasteiger partial charge is 0.463 e. The lowest BCUT2D eigenvalue weighted by Crippen LogP contribution is -2.34. The van der Waals surface area contributed by atoms with Crippen LogP contribution in [0.5, 0.6) is 0 Å². The lowest BCUT2D eigenvalue weighted by atomic mass is 10.1. The molecule has 4 heterocycles. The molecule has 11 heteroatoms. The summed E-state index contributed by atoms with van der Waals surface area (Å²) in [5.41, 5.74) is 7.10. The second kappa shape index (κ2) is 7.76. The van der Waals surface area contributed by atoms with Crippen LogP contribution in [0.3, 0.4) is 0 Å². The average Bonchev–Trinajstić information content (AvgIpc) is 3.40. The van der Waals surface area contributed by atoms with Gasteiger partial charge >= 0.3 is 5.97 Å². The molecule has 2 aliphatic rings. The summed E-state index contributed by atoms with van der Waals surface area (Å²) in [5.74, 6) is -1.61. The van der Waals surface area contributed by atoms with Crippen molar-refractivity contribution in [1.82, 2.24) is 19.5 Å². The first-order valence-corrected chi connectivity index (χ1v) is 10.2. The van der Waals surface area contributed by atoms with E-state index in [9.17, 15) is 9.18 Å². The fraction of sp³-hybridized carbons (Fsp3) is 0.429. The van der Waals surface area contributed by atoms with E-state index in [1.807, 2.05) is 0 Å². The summed E-state index contributed by atoms with van der Waals surface area (Å²) in [5, 5.41) is 0. The van der Waals surface area contributed by atoms with Gasteiger partial charge in [-0.15, -0.1) is 0 Å². The van der Waals surface area contributed by atoms with Gasteiger partial charge in [-0.2, -0.15) is 0 Å². The zero-order valence-corrected chi connectivity index (χ0v) is 17.5. The predicted molar refractivity (Wildman–Crippen MR) is 109 cm³/mol. The molecule has 2 aliphatic heterocycles. The molecule has 0 spiro atoms. The maximum Gasteiger partial charge on any atom is 0.310 e. The fourth-order valence-corrected chi connectivity index (χ4v) is 4.10. The number of benzene rings is 1. The molecule has 10 nitrogen and oxygen atoms in total. The number of esters is 1. The maximum absolute atomic E-state index is 13.8. The molecule has 0 amide bonds. The van der Waals surface area contributed by atoms with Crippen LogP contribution in [0.4, 0.5) is 10.2 Å². The van der Waals surface area contributed by atoms with E-state index in [0.717, 1.165) is 0 Å². The van der Waals surface area contributed by atoms with Gasteiger partial charge in [0.2, 0.25) is 0 Å². The number of halogens is 1. The average molecular weight is 443 g/mol. The van der Waals surface area contributed by atoms with Crippen LogP contribution in [0.2, 0.25) is 0 Å². The van der Waals surface area contributed by atoms with Crippen molar-refractivity contribution < 1.29 is 28.1 Å². The van der Waals surface area contributed by atoms with E-state index in [1.165, 1.54) is 12.4 Å². The normalized spacial score (nSPS) is 26.3. The number of carbonyl (C=O) groups is 1. The number of imidazole rings is 1. The Kier molecular flexibility index (Phi) is 5.03. The molecular formula is C21H22FN5O5. The van der Waals surface area contributed by atoms with Gasteiger partial charge in [0.1, 0.15) is 42.6 Å². The molecule has 32 heavy (non-hydrogen) atoms. The van der Waals surface area contributed by atoms with Crippen LogP contribution in [0.25, 0.3) is 11.2 Å². The Morgan fingerprint density at radius 1 is 1.22 bits per heavy atom. The molecule has 0 saturated carbocycles. The minimum atomic E-state index is -0.850. The Bertz CT molecular complexity index is 1170. The molecule has 2 saturated heterocycles. The van der Waals surface area contributed by atoms with E-state index in [1.54, 1.807) is 42.9 Å². The molecule has 0 unspecified atom stereocenters. The highest BCUT2D eigenvalue weighted by atomic mass is 19.1. The number of rotatable bonds is 5. The highest BCUT2D eigenvalue weighted by molar-refractivity contribution is 5.81. The standard InChI is InChI=1S/C21H22FN5O5/c1-21(2)31-16-13(8-29-14(28)7-11-5-3-4-6-12(11)22)30-20(17(16)32-21)27-10-26-15-18(23)24-9-25-19(15)27/h3-6,9-10,13,16-17,20H,7-8H2,1-2H3,(H2,23,24,25)/t13-,16-,17-,20-/m1/s1. The van der Waals surface area contributed by atoms with E-state index in [2.05, 4.69) is 15.0 Å². The Labute approximate surface area is 182 Å². The van der Waals surface area contributed by atoms with Crippen LogP contribution >= 0.6 is 0 Å². The highest BCUT2D eigenvalue weighted by Gasteiger charge is 2.56. The summed E-state index contributed by atoms with van der Waals surface area (Å²) in [4.78, 5) is 24.8. The summed E-state index contributed by atoms with van der Waals surface area (Å²) in [7, 11) is 0. The molecule has 4 atom stereocenters. The molecular weight excluding hydrogens is 421 g/mol. The van der Waals surface area contributed by atoms with Gasteiger partial charge in [0, 0.05) is 0 Å². The number of hydrogen-bond acceptors (Lipinski definition) is 9. The van der Waals surface area contributed by atoms with Crippen molar-refractivity contribution in [2.24, 2.45) is 0 Å². The summed E-state index contributed by atoms with van der Waals surface area (Å²) in [6.07, 6.45) is 0.507. The lowest BCUT2D eigenvalue weighted by molar-refractivity contribution is -0.202. The Morgan fingerprint density at radius 3 is 2.81 bits per heavy atom. The van der Waals surface area contributed by atoms with Crippen LogP contribution in [0.15, 0.2) is 36.9 Å². The van der Waals surface area contributed by atoms with Gasteiger partial charge in [-0.3, -0.25) is 9.36 Å². The van der Waals surface area contributed by atoms with Crippen LogP contribution in [-0.2, 0) is 30.2 Å². The Balaban J connectivity index is 1.34. The predicted octanol–water partition coefficient (Wildman–Crippen LogP) is 1.75. The van der Waals surface area contributed by atoms with E-state index in [0.29, 0.717) is 11.2 Å². The lowest BCUT2D eigenvalue weighted by Gasteiger charge is -2.24. The minimum Gasteiger partial charge on any atom is -0.463 e. The number of nitrogen functional groups attached to an aromatic ring is 1. The van der Waals surface area contributed by atoms with Gasteiger partial charge in [-0.1, -0.05) is 18.2 Å². The van der Waals surface area contributed by atoms with Gasteiger partial charge in [-0.05, 0) is 25.5 Å². The molecule has 1 aromatic carbocycles. The van der Waals surface area contributed by atoms with Crippen LogP contribution < -0.4 is 5.73 Å². The number of carbonyl (C=O) groups excluding carboxylic acids is 1. The molecule has 2 N–H and O–H groups in total. The zero-order valence-electron chi connectivity index (χ0n) is 17.5. The smallest absolute Gasteiger partial charge is 0.310 e. The van der Waals surface area contributed by atoms with Crippen molar-refractivity contribution in [3.63, 3.8) is 0 Å². The first-order chi connectivity index (χ1) is 15.3. The molecule has 5 rings (SSSR count). The maximum atomic E-state index is 13.8. The van der Waals surface area contributed by atoms with Crippen molar-refractivity contribution >= 4 is 23.0 Å². The number of hydrogen-bond donors (Lipinski definition) is 1. The summed E-state index contributed by atoms with van der Waals surface area (Å²) in [6.45, 7) is 3.53. The van der Waals surface area contributed by atoms with Crippen molar-refractivity contribution in [3.8, 4) is 0 Å². The third-order valence-electron chi connectivity index (χ3n) is 5.49. The minimum absolute atomic E-state index is 0.0753. The summed E-state index contributed by atoms with van der Waals surface area (Å²) >= 11 is 0. The van der Waals surface area contributed by atoms with E-state index in [4.69, 9.17) is 24.7 Å². The third-order valence-corrected chi connectivity index (χ3v) is 5.49. The van der Waals surface area contributed by atoms with Crippen LogP contribution in [-0.4, -0.2) is 56.2 Å². The number of anilines is 1. The second-order valence-electron chi connectivity index (χ2n) is 8.16. The summed E-state index contributed by atoms with van der Waals surface area (Å²) in [6, 6.07) is 6.07. The summed E-state index contributed by atoms with van der Waals surface area (Å²) < 4.78 is 39.2. The molecule has 168 valence electrons. The first kappa shape index (κ1) is 20.7. The van der Waals surface area contributed by atoms with Gasteiger partial charge < -0.3 is 24.7 Å². The molecule has 0 bridgehead atoms. The number of fused-ring (bicyclic) bond motifs is 2. The van der Waals surface area contributed by atoms with Crippen molar-refractivity contribution in [2.75, 3.05) is 12.3 Å². The molecule has 0 radical (unpaired) electrons. The van der Waals surface area contributed by atoms with E-state index < -0.39 is 42.1 Å². The van der Waals surface area contributed by atoms with E-state index >= 15 is 0 Å². The molecule has 2 fully saturated rings. The van der Waals surface area contributed by atoms with Gasteiger partial charge in [-0.25, -0.2) is 19.3 Å². The second-order valence-corrected chi connectivity index (χ2v) is 8.16. The molecule has 2 aromatic heterocycles. The number of nitrogens with two attached hydrogens (primary N) is 1. The van der Waals surface area contributed by atoms with Gasteiger partial charge in [0.25, 0.3) is 0 Å². The Morgan fingerprint density at radius 2 is 2.00 bits per heavy atom. The van der Waals surface area contributed by atoms with Gasteiger partial charge in [0.05, 0.1) is 12.7 Å². The van der Waals surface area contributed by atoms with Crippen molar-refractivity contribution in [3.05, 3.63) is 48.3 Å².